The van der Waals surface area contributed by atoms with Gasteiger partial charge in [-0.1, -0.05) is 42.5 Å². The Kier molecular flexibility index (Phi) is 5.26. The highest BCUT2D eigenvalue weighted by Gasteiger charge is 2.29. The lowest BCUT2D eigenvalue weighted by Crippen LogP contribution is -2.57. The molecule has 6 N–H and O–H groups in total. The van der Waals surface area contributed by atoms with Crippen molar-refractivity contribution in [1.29, 1.82) is 0 Å². The van der Waals surface area contributed by atoms with Gasteiger partial charge in [-0.15, -0.1) is 0 Å². The molecule has 3 heterocycles. The van der Waals surface area contributed by atoms with Crippen LogP contribution in [0.5, 0.6) is 0 Å². The van der Waals surface area contributed by atoms with E-state index in [1.54, 1.807) is 6.07 Å². The molecule has 0 radical (unpaired) electrons. The number of aromatic nitrogens is 1. The smallest absolute Gasteiger partial charge is 0.249 e. The molecule has 0 saturated carbocycles. The van der Waals surface area contributed by atoms with Crippen molar-refractivity contribution in [3.8, 4) is 0 Å². The first kappa shape index (κ1) is 20.1. The molecule has 7 heteroatoms. The van der Waals surface area contributed by atoms with Gasteiger partial charge in [0.05, 0.1) is 16.9 Å². The third-order valence-corrected chi connectivity index (χ3v) is 5.86. The van der Waals surface area contributed by atoms with Gasteiger partial charge in [0.25, 0.3) is 0 Å². The van der Waals surface area contributed by atoms with Crippen LogP contribution in [-0.4, -0.2) is 16.6 Å². The van der Waals surface area contributed by atoms with Crippen LogP contribution in [0.25, 0.3) is 10.9 Å². The van der Waals surface area contributed by atoms with Gasteiger partial charge < -0.3 is 20.9 Å². The highest BCUT2D eigenvalue weighted by molar-refractivity contribution is 6.06. The molecule has 0 spiro atoms. The van der Waals surface area contributed by atoms with Gasteiger partial charge in [-0.25, -0.2) is 0 Å². The summed E-state index contributed by atoms with van der Waals surface area (Å²) in [6.07, 6.45) is 7.61. The van der Waals surface area contributed by atoms with Gasteiger partial charge in [-0.2, -0.15) is 0 Å². The molecule has 0 fully saturated rings. The third kappa shape index (κ3) is 3.68. The van der Waals surface area contributed by atoms with Gasteiger partial charge in [0.2, 0.25) is 5.91 Å². The van der Waals surface area contributed by atoms with Crippen LogP contribution in [0.4, 0.5) is 0 Å². The number of rotatable bonds is 5. The molecule has 1 aromatic heterocycles. The number of amides is 1. The summed E-state index contributed by atoms with van der Waals surface area (Å²) in [5, 5.41) is 15.1. The van der Waals surface area contributed by atoms with E-state index in [-0.39, 0.29) is 12.5 Å². The minimum absolute atomic E-state index is 0.125. The zero-order valence-electron chi connectivity index (χ0n) is 17.8. The van der Waals surface area contributed by atoms with Crippen LogP contribution in [0.15, 0.2) is 90.4 Å². The monoisotopic (exact) mass is 426 g/mol. The molecule has 2 aliphatic heterocycles. The second-order valence-corrected chi connectivity index (χ2v) is 7.96. The van der Waals surface area contributed by atoms with Gasteiger partial charge in [0.15, 0.2) is 6.29 Å². The molecule has 7 nitrogen and oxygen atoms in total. The number of carbonyl (C=O) groups is 1. The molecule has 0 aliphatic carbocycles. The van der Waals surface area contributed by atoms with E-state index >= 15 is 0 Å². The number of benzene rings is 2. The minimum Gasteiger partial charge on any atom is -0.366 e. The average Bonchev–Trinajstić information content (AvgIpc) is 2.96. The standard InChI is InChI=1S/C25H26N6O/c1-16-14-19-18(23(26)32)10-7-12-21(19)31(16)25-29-20-11-5-6-13-27-22(20)24(30-25)28-15-17-8-3-2-4-9-17/h2-14,24-25,27-30H,15H2,1H3,(H2,26,32). The van der Waals surface area contributed by atoms with E-state index in [1.807, 2.05) is 61.7 Å². The van der Waals surface area contributed by atoms with E-state index in [1.165, 1.54) is 5.56 Å². The van der Waals surface area contributed by atoms with Crippen molar-refractivity contribution in [3.63, 3.8) is 0 Å². The predicted octanol–water partition coefficient (Wildman–Crippen LogP) is 2.70. The number of allylic oxidation sites excluding steroid dienone is 3. The van der Waals surface area contributed by atoms with Crippen LogP contribution in [0, 0.1) is 6.92 Å². The number of nitrogens with one attached hydrogen (secondary N) is 4. The number of fused-ring (bicyclic) bond motifs is 1. The SMILES string of the molecule is Cc1cc2c(C(N)=O)cccc2n1C1NC2=C(NC=CC=C2)C(NCc2ccccc2)N1. The first-order valence-electron chi connectivity index (χ1n) is 10.7. The van der Waals surface area contributed by atoms with Crippen molar-refractivity contribution in [2.45, 2.75) is 25.9 Å². The van der Waals surface area contributed by atoms with E-state index in [9.17, 15) is 4.79 Å². The fourth-order valence-corrected chi connectivity index (χ4v) is 4.36. The molecule has 0 bridgehead atoms. The summed E-state index contributed by atoms with van der Waals surface area (Å²) in [5.41, 5.74) is 11.3. The third-order valence-electron chi connectivity index (χ3n) is 5.86. The van der Waals surface area contributed by atoms with Crippen molar-refractivity contribution in [3.05, 3.63) is 107 Å². The van der Waals surface area contributed by atoms with Gasteiger partial charge in [-0.05, 0) is 42.8 Å². The Morgan fingerprint density at radius 2 is 1.97 bits per heavy atom. The molecule has 2 aliphatic rings. The molecule has 0 saturated heterocycles. The van der Waals surface area contributed by atoms with Crippen LogP contribution < -0.4 is 27.0 Å². The highest BCUT2D eigenvalue weighted by atomic mass is 16.1. The Labute approximate surface area is 186 Å². The number of hydrogen-bond acceptors (Lipinski definition) is 5. The zero-order valence-corrected chi connectivity index (χ0v) is 17.8. The summed E-state index contributed by atoms with van der Waals surface area (Å²) in [6.45, 7) is 2.75. The quantitative estimate of drug-likeness (QED) is 0.432. The van der Waals surface area contributed by atoms with Crippen LogP contribution in [0.3, 0.4) is 0 Å². The number of primary amides is 1. The van der Waals surface area contributed by atoms with E-state index in [2.05, 4.69) is 44.0 Å². The fraction of sp³-hybridized carbons (Fsp3) is 0.160. The zero-order chi connectivity index (χ0) is 22.1. The highest BCUT2D eigenvalue weighted by Crippen LogP contribution is 2.28. The molecular weight excluding hydrogens is 400 g/mol. The number of carbonyl (C=O) groups excluding carboxylic acids is 1. The topological polar surface area (TPSA) is 96.1 Å². The fourth-order valence-electron chi connectivity index (χ4n) is 4.36. The molecule has 2 unspecified atom stereocenters. The van der Waals surface area contributed by atoms with E-state index in [0.717, 1.165) is 28.0 Å². The predicted molar refractivity (Wildman–Crippen MR) is 126 cm³/mol. The Bertz CT molecular complexity index is 1250. The normalized spacial score (nSPS) is 19.9. The molecule has 2 atom stereocenters. The number of nitrogens with two attached hydrogens (primary N) is 1. The Morgan fingerprint density at radius 1 is 1.12 bits per heavy atom. The number of aryl methyl sites for hydroxylation is 1. The van der Waals surface area contributed by atoms with E-state index in [4.69, 9.17) is 5.73 Å². The lowest BCUT2D eigenvalue weighted by molar-refractivity contribution is 0.100. The lowest BCUT2D eigenvalue weighted by Gasteiger charge is -2.37. The molecular formula is C25H26N6O. The van der Waals surface area contributed by atoms with Crippen LogP contribution in [0.1, 0.15) is 27.9 Å². The van der Waals surface area contributed by atoms with Crippen LogP contribution >= 0.6 is 0 Å². The minimum atomic E-state index is -0.424. The van der Waals surface area contributed by atoms with Gasteiger partial charge in [0, 0.05) is 29.4 Å². The molecule has 5 rings (SSSR count). The van der Waals surface area contributed by atoms with Crippen LogP contribution in [0.2, 0.25) is 0 Å². The molecule has 1 amide bonds. The van der Waals surface area contributed by atoms with Gasteiger partial charge in [-0.3, -0.25) is 15.4 Å². The second kappa shape index (κ2) is 8.37. The van der Waals surface area contributed by atoms with E-state index < -0.39 is 5.91 Å². The Hall–Kier alpha value is -3.81. The van der Waals surface area contributed by atoms with Crippen molar-refractivity contribution in [1.82, 2.24) is 25.8 Å². The summed E-state index contributed by atoms with van der Waals surface area (Å²) >= 11 is 0. The summed E-state index contributed by atoms with van der Waals surface area (Å²) in [7, 11) is 0. The first-order valence-corrected chi connectivity index (χ1v) is 10.7. The summed E-state index contributed by atoms with van der Waals surface area (Å²) in [5.74, 6) is -0.424. The van der Waals surface area contributed by atoms with Crippen molar-refractivity contribution < 1.29 is 4.79 Å². The van der Waals surface area contributed by atoms with Crippen molar-refractivity contribution in [2.75, 3.05) is 0 Å². The number of nitrogens with zero attached hydrogens (tertiary/aromatic N) is 1. The molecule has 3 aromatic rings. The molecule has 32 heavy (non-hydrogen) atoms. The summed E-state index contributed by atoms with van der Waals surface area (Å²) in [4.78, 5) is 11.9. The molecule has 162 valence electrons. The molecule has 2 aromatic carbocycles. The largest absolute Gasteiger partial charge is 0.366 e. The lowest BCUT2D eigenvalue weighted by atomic mass is 10.1. The van der Waals surface area contributed by atoms with Gasteiger partial charge >= 0.3 is 0 Å². The first-order chi connectivity index (χ1) is 15.6. The number of hydrogen-bond donors (Lipinski definition) is 5. The summed E-state index contributed by atoms with van der Waals surface area (Å²) in [6, 6.07) is 18.0. The Balaban J connectivity index is 1.52. The van der Waals surface area contributed by atoms with Crippen LogP contribution in [-0.2, 0) is 6.54 Å². The maximum Gasteiger partial charge on any atom is 0.249 e. The maximum atomic E-state index is 11.9. The van der Waals surface area contributed by atoms with E-state index in [0.29, 0.717) is 12.1 Å². The van der Waals surface area contributed by atoms with Crippen molar-refractivity contribution >= 4 is 16.8 Å². The second-order valence-electron chi connectivity index (χ2n) is 7.96. The average molecular weight is 427 g/mol. The van der Waals surface area contributed by atoms with Gasteiger partial charge in [0.1, 0.15) is 6.17 Å². The summed E-state index contributed by atoms with van der Waals surface area (Å²) < 4.78 is 2.16. The Morgan fingerprint density at radius 3 is 2.78 bits per heavy atom. The van der Waals surface area contributed by atoms with Crippen molar-refractivity contribution in [2.24, 2.45) is 5.73 Å². The maximum absolute atomic E-state index is 11.9.